The van der Waals surface area contributed by atoms with E-state index in [1.165, 1.54) is 7.11 Å². The van der Waals surface area contributed by atoms with Crippen molar-refractivity contribution in [1.82, 2.24) is 5.32 Å². The standard InChI is InChI=1S/C15H25NO9/c1-7(18)4-15(23,14(21)22)5-10(19)16-11-8(2)25-9(6-17)13(24-3)12(11)20/h8-9,11-13,17,20,23H,4-6H2,1-3H3,(H,16,19)(H,21,22). The van der Waals surface area contributed by atoms with Crippen LogP contribution in [0.4, 0.5) is 0 Å². The van der Waals surface area contributed by atoms with Gasteiger partial charge in [0.05, 0.1) is 25.2 Å². The molecule has 0 aromatic carbocycles. The topological polar surface area (TPSA) is 163 Å². The largest absolute Gasteiger partial charge is 0.479 e. The number of rotatable bonds is 8. The summed E-state index contributed by atoms with van der Waals surface area (Å²) in [5, 5.41) is 41.1. The van der Waals surface area contributed by atoms with Gasteiger partial charge in [-0.2, -0.15) is 0 Å². The number of methoxy groups -OCH3 is 1. The van der Waals surface area contributed by atoms with Gasteiger partial charge in [-0.15, -0.1) is 0 Å². The zero-order valence-corrected chi connectivity index (χ0v) is 14.3. The number of amides is 1. The minimum Gasteiger partial charge on any atom is -0.479 e. The summed E-state index contributed by atoms with van der Waals surface area (Å²) in [5.41, 5.74) is -2.53. The van der Waals surface area contributed by atoms with Crippen LogP contribution in [0.15, 0.2) is 0 Å². The lowest BCUT2D eigenvalue weighted by Gasteiger charge is -2.43. The first-order valence-electron chi connectivity index (χ1n) is 7.77. The molecular weight excluding hydrogens is 338 g/mol. The van der Waals surface area contributed by atoms with Crippen molar-refractivity contribution in [1.29, 1.82) is 0 Å². The van der Waals surface area contributed by atoms with Crippen molar-refractivity contribution >= 4 is 17.7 Å². The fraction of sp³-hybridized carbons (Fsp3) is 0.800. The lowest BCUT2D eigenvalue weighted by Crippen LogP contribution is -2.64. The Labute approximate surface area is 144 Å². The van der Waals surface area contributed by atoms with E-state index >= 15 is 0 Å². The van der Waals surface area contributed by atoms with E-state index < -0.39 is 73.2 Å². The van der Waals surface area contributed by atoms with Crippen LogP contribution in [-0.4, -0.2) is 87.9 Å². The SMILES string of the molecule is COC1C(CO)OC(C)C(NC(=O)CC(O)(CC(C)=O)C(=O)O)C1O. The summed E-state index contributed by atoms with van der Waals surface area (Å²) in [4.78, 5) is 34.5. The van der Waals surface area contributed by atoms with Gasteiger partial charge in [0.15, 0.2) is 5.60 Å². The van der Waals surface area contributed by atoms with Gasteiger partial charge in [-0.1, -0.05) is 0 Å². The fourth-order valence-electron chi connectivity index (χ4n) is 2.91. The molecule has 144 valence electrons. The zero-order valence-electron chi connectivity index (χ0n) is 14.3. The van der Waals surface area contributed by atoms with Crippen molar-refractivity contribution in [3.63, 3.8) is 0 Å². The molecule has 1 heterocycles. The minimum atomic E-state index is -2.53. The van der Waals surface area contributed by atoms with Crippen molar-refractivity contribution < 1.29 is 44.3 Å². The number of carbonyl (C=O) groups excluding carboxylic acids is 2. The number of aliphatic hydroxyl groups is 3. The number of ether oxygens (including phenoxy) is 2. The molecule has 0 aromatic rings. The van der Waals surface area contributed by atoms with E-state index in [2.05, 4.69) is 5.32 Å². The Balaban J connectivity index is 2.84. The average Bonchev–Trinajstić information content (AvgIpc) is 2.49. The number of carboxylic acid groups (broad SMARTS) is 1. The molecule has 0 saturated carbocycles. The molecule has 6 atom stereocenters. The third-order valence-electron chi connectivity index (χ3n) is 4.14. The number of ketones is 1. The molecular formula is C15H25NO9. The minimum absolute atomic E-state index is 0.391. The molecule has 0 bridgehead atoms. The highest BCUT2D eigenvalue weighted by Crippen LogP contribution is 2.24. The van der Waals surface area contributed by atoms with Gasteiger partial charge >= 0.3 is 5.97 Å². The predicted octanol–water partition coefficient (Wildman–Crippen LogP) is -2.19. The van der Waals surface area contributed by atoms with E-state index in [-0.39, 0.29) is 0 Å². The number of hydrogen-bond donors (Lipinski definition) is 5. The van der Waals surface area contributed by atoms with Crippen molar-refractivity contribution in [2.45, 2.75) is 62.7 Å². The molecule has 0 radical (unpaired) electrons. The molecule has 25 heavy (non-hydrogen) atoms. The molecule has 10 nitrogen and oxygen atoms in total. The Kier molecular flexibility index (Phi) is 7.44. The van der Waals surface area contributed by atoms with E-state index in [1.807, 2.05) is 0 Å². The molecule has 0 aromatic heterocycles. The predicted molar refractivity (Wildman–Crippen MR) is 82.7 cm³/mol. The lowest BCUT2D eigenvalue weighted by atomic mass is 9.91. The molecule has 1 aliphatic heterocycles. The van der Waals surface area contributed by atoms with Crippen molar-refractivity contribution in [2.24, 2.45) is 0 Å². The third kappa shape index (κ3) is 5.19. The summed E-state index contributed by atoms with van der Waals surface area (Å²) in [7, 11) is 1.31. The summed E-state index contributed by atoms with van der Waals surface area (Å²) < 4.78 is 10.6. The first kappa shape index (κ1) is 21.5. The number of aliphatic hydroxyl groups excluding tert-OH is 2. The van der Waals surface area contributed by atoms with Gasteiger partial charge in [0.25, 0.3) is 0 Å². The maximum absolute atomic E-state index is 12.1. The van der Waals surface area contributed by atoms with Gasteiger partial charge in [0, 0.05) is 13.5 Å². The van der Waals surface area contributed by atoms with Crippen LogP contribution in [0.2, 0.25) is 0 Å². The Morgan fingerprint density at radius 2 is 1.88 bits per heavy atom. The number of carbonyl (C=O) groups is 3. The molecule has 6 unspecified atom stereocenters. The van der Waals surface area contributed by atoms with E-state index in [0.29, 0.717) is 0 Å². The zero-order chi connectivity index (χ0) is 19.4. The van der Waals surface area contributed by atoms with Crippen LogP contribution in [0.3, 0.4) is 0 Å². The van der Waals surface area contributed by atoms with Gasteiger partial charge in [-0.25, -0.2) is 4.79 Å². The highest BCUT2D eigenvalue weighted by molar-refractivity contribution is 5.91. The third-order valence-corrected chi connectivity index (χ3v) is 4.14. The summed E-state index contributed by atoms with van der Waals surface area (Å²) in [5.74, 6) is -3.15. The van der Waals surface area contributed by atoms with E-state index in [9.17, 15) is 29.7 Å². The number of nitrogens with one attached hydrogen (secondary N) is 1. The summed E-state index contributed by atoms with van der Waals surface area (Å²) >= 11 is 0. The normalized spacial score (nSPS) is 31.8. The van der Waals surface area contributed by atoms with Crippen LogP contribution in [0, 0.1) is 0 Å². The number of hydrogen-bond acceptors (Lipinski definition) is 8. The van der Waals surface area contributed by atoms with Crippen molar-refractivity contribution in [3.05, 3.63) is 0 Å². The molecule has 10 heteroatoms. The second-order valence-corrected chi connectivity index (χ2v) is 6.24. The first-order valence-corrected chi connectivity index (χ1v) is 7.77. The monoisotopic (exact) mass is 363 g/mol. The van der Waals surface area contributed by atoms with Gasteiger partial charge in [0.2, 0.25) is 5.91 Å². The quantitative estimate of drug-likeness (QED) is 0.322. The average molecular weight is 363 g/mol. The number of Topliss-reactive ketones (excluding diaryl/α,β-unsaturated/α-hetero) is 1. The molecule has 1 fully saturated rings. The summed E-state index contributed by atoms with van der Waals surface area (Å²) in [6.45, 7) is 2.27. The fourth-order valence-corrected chi connectivity index (χ4v) is 2.91. The lowest BCUT2D eigenvalue weighted by molar-refractivity contribution is -0.200. The molecule has 0 aliphatic carbocycles. The van der Waals surface area contributed by atoms with E-state index in [4.69, 9.17) is 14.6 Å². The van der Waals surface area contributed by atoms with Gasteiger partial charge in [-0.3, -0.25) is 9.59 Å². The van der Waals surface area contributed by atoms with Crippen LogP contribution in [-0.2, 0) is 23.9 Å². The molecule has 5 N–H and O–H groups in total. The van der Waals surface area contributed by atoms with E-state index in [1.54, 1.807) is 6.92 Å². The molecule has 1 aliphatic rings. The van der Waals surface area contributed by atoms with Crippen LogP contribution in [0.5, 0.6) is 0 Å². The van der Waals surface area contributed by atoms with Crippen LogP contribution < -0.4 is 5.32 Å². The second-order valence-electron chi connectivity index (χ2n) is 6.24. The van der Waals surface area contributed by atoms with Crippen LogP contribution in [0.1, 0.15) is 26.7 Å². The van der Waals surface area contributed by atoms with Crippen LogP contribution in [0.25, 0.3) is 0 Å². The molecule has 1 amide bonds. The van der Waals surface area contributed by atoms with Gasteiger partial charge in [0.1, 0.15) is 24.1 Å². The number of aliphatic carboxylic acids is 1. The Hall–Kier alpha value is -1.59. The second kappa shape index (κ2) is 8.68. The molecule has 1 rings (SSSR count). The van der Waals surface area contributed by atoms with Gasteiger partial charge in [-0.05, 0) is 13.8 Å². The molecule has 0 spiro atoms. The Morgan fingerprint density at radius 1 is 1.28 bits per heavy atom. The molecule has 1 saturated heterocycles. The maximum Gasteiger partial charge on any atom is 0.336 e. The summed E-state index contributed by atoms with van der Waals surface area (Å²) in [6.07, 6.45) is -5.19. The first-order chi connectivity index (χ1) is 11.6. The van der Waals surface area contributed by atoms with Crippen molar-refractivity contribution in [2.75, 3.05) is 13.7 Å². The summed E-state index contributed by atoms with van der Waals surface area (Å²) in [6, 6.07) is -0.948. The smallest absolute Gasteiger partial charge is 0.336 e. The number of carboxylic acids is 1. The Bertz CT molecular complexity index is 511. The highest BCUT2D eigenvalue weighted by Gasteiger charge is 2.45. The highest BCUT2D eigenvalue weighted by atomic mass is 16.6. The van der Waals surface area contributed by atoms with E-state index in [0.717, 1.165) is 6.92 Å². The van der Waals surface area contributed by atoms with Crippen molar-refractivity contribution in [3.8, 4) is 0 Å². The van der Waals surface area contributed by atoms with Gasteiger partial charge < -0.3 is 35.2 Å². The maximum atomic E-state index is 12.1. The Morgan fingerprint density at radius 3 is 2.32 bits per heavy atom. The van der Waals surface area contributed by atoms with Crippen LogP contribution >= 0.6 is 0 Å².